The Morgan fingerprint density at radius 3 is 2.55 bits per heavy atom. The fraction of sp³-hybridized carbons (Fsp3) is 0.824. The van der Waals surface area contributed by atoms with Crippen molar-refractivity contribution in [3.63, 3.8) is 0 Å². The Labute approximate surface area is 122 Å². The molecule has 0 aromatic carbocycles. The molecule has 4 atom stereocenters. The quantitative estimate of drug-likeness (QED) is 0.622. The zero-order chi connectivity index (χ0) is 15.1. The predicted molar refractivity (Wildman–Crippen MR) is 79.2 cm³/mol. The molecule has 0 aliphatic heterocycles. The van der Waals surface area contributed by atoms with Crippen LogP contribution in [0.4, 0.5) is 0 Å². The number of hydrogen-bond donors (Lipinski definition) is 1. The Kier molecular flexibility index (Phi) is 4.03. The average molecular weight is 280 g/mol. The summed E-state index contributed by atoms with van der Waals surface area (Å²) in [7, 11) is 0. The highest BCUT2D eigenvalue weighted by molar-refractivity contribution is 5.66. The van der Waals surface area contributed by atoms with Crippen LogP contribution in [0.3, 0.4) is 0 Å². The molecule has 0 spiro atoms. The highest BCUT2D eigenvalue weighted by atomic mass is 16.5. The van der Waals surface area contributed by atoms with Crippen LogP contribution >= 0.6 is 0 Å². The predicted octanol–water partition coefficient (Wildman–Crippen LogP) is 3.46. The molecule has 0 aromatic heterocycles. The van der Waals surface area contributed by atoms with Gasteiger partial charge in [-0.05, 0) is 68.8 Å². The first-order valence-electron chi connectivity index (χ1n) is 7.72. The zero-order valence-electron chi connectivity index (χ0n) is 13.2. The van der Waals surface area contributed by atoms with Crippen LogP contribution in [-0.2, 0) is 9.53 Å². The van der Waals surface area contributed by atoms with Crippen LogP contribution in [0.5, 0.6) is 0 Å². The van der Waals surface area contributed by atoms with Gasteiger partial charge in [-0.15, -0.1) is 0 Å². The van der Waals surface area contributed by atoms with Crippen molar-refractivity contribution in [1.82, 2.24) is 0 Å². The third-order valence-electron chi connectivity index (χ3n) is 5.57. The fourth-order valence-electron chi connectivity index (χ4n) is 4.11. The lowest BCUT2D eigenvalue weighted by Crippen LogP contribution is -2.47. The number of rotatable bonds is 2. The second-order valence-electron chi connectivity index (χ2n) is 7.54. The maximum absolute atomic E-state index is 11.2. The van der Waals surface area contributed by atoms with E-state index in [4.69, 9.17) is 4.74 Å². The average Bonchev–Trinajstić information content (AvgIpc) is 2.31. The number of fused-ring (bicyclic) bond motifs is 1. The molecule has 1 N–H and O–H groups in total. The SMILES string of the molecule is C=C1[C@H]2C[C@@H](C(C)(C)O)CC[C@@]2(C)CC[C@H]1OC(C)=O. The first kappa shape index (κ1) is 15.6. The lowest BCUT2D eigenvalue weighted by atomic mass is 9.55. The van der Waals surface area contributed by atoms with Crippen LogP contribution in [-0.4, -0.2) is 22.8 Å². The second-order valence-corrected chi connectivity index (χ2v) is 7.54. The summed E-state index contributed by atoms with van der Waals surface area (Å²) in [4.78, 5) is 11.2. The van der Waals surface area contributed by atoms with Gasteiger partial charge >= 0.3 is 5.97 Å². The van der Waals surface area contributed by atoms with Crippen molar-refractivity contribution in [1.29, 1.82) is 0 Å². The molecular weight excluding hydrogens is 252 g/mol. The molecular formula is C17H28O3. The molecule has 2 aliphatic rings. The lowest BCUT2D eigenvalue weighted by molar-refractivity contribution is -0.148. The topological polar surface area (TPSA) is 46.5 Å². The van der Waals surface area contributed by atoms with Gasteiger partial charge in [0.1, 0.15) is 6.10 Å². The maximum Gasteiger partial charge on any atom is 0.303 e. The Morgan fingerprint density at radius 2 is 2.00 bits per heavy atom. The number of esters is 1. The van der Waals surface area contributed by atoms with Gasteiger partial charge in [0.2, 0.25) is 0 Å². The van der Waals surface area contributed by atoms with E-state index in [9.17, 15) is 9.90 Å². The van der Waals surface area contributed by atoms with Crippen molar-refractivity contribution >= 4 is 5.97 Å². The molecule has 3 heteroatoms. The molecule has 0 aromatic rings. The molecule has 2 rings (SSSR count). The highest BCUT2D eigenvalue weighted by Gasteiger charge is 2.48. The van der Waals surface area contributed by atoms with Crippen LogP contribution in [0.1, 0.15) is 59.8 Å². The normalized spacial score (nSPS) is 38.2. The number of aliphatic hydroxyl groups is 1. The summed E-state index contributed by atoms with van der Waals surface area (Å²) < 4.78 is 5.42. The van der Waals surface area contributed by atoms with Crippen molar-refractivity contribution in [3.8, 4) is 0 Å². The smallest absolute Gasteiger partial charge is 0.303 e. The Morgan fingerprint density at radius 1 is 1.40 bits per heavy atom. The van der Waals surface area contributed by atoms with E-state index >= 15 is 0 Å². The molecule has 0 unspecified atom stereocenters. The highest BCUT2D eigenvalue weighted by Crippen LogP contribution is 2.55. The van der Waals surface area contributed by atoms with Crippen molar-refractivity contribution < 1.29 is 14.6 Å². The first-order chi connectivity index (χ1) is 9.13. The molecule has 3 nitrogen and oxygen atoms in total. The van der Waals surface area contributed by atoms with Gasteiger partial charge < -0.3 is 9.84 Å². The minimum atomic E-state index is -0.643. The van der Waals surface area contributed by atoms with E-state index in [0.717, 1.165) is 37.7 Å². The Bertz CT molecular complexity index is 407. The van der Waals surface area contributed by atoms with Crippen LogP contribution in [0.2, 0.25) is 0 Å². The van der Waals surface area contributed by atoms with Gasteiger partial charge in [-0.3, -0.25) is 4.79 Å². The van der Waals surface area contributed by atoms with E-state index < -0.39 is 5.60 Å². The van der Waals surface area contributed by atoms with E-state index in [2.05, 4.69) is 13.5 Å². The fourth-order valence-corrected chi connectivity index (χ4v) is 4.11. The summed E-state index contributed by atoms with van der Waals surface area (Å²) >= 11 is 0. The third-order valence-corrected chi connectivity index (χ3v) is 5.57. The van der Waals surface area contributed by atoms with E-state index in [1.165, 1.54) is 6.92 Å². The summed E-state index contributed by atoms with van der Waals surface area (Å²) in [5, 5.41) is 10.3. The molecule has 2 aliphatic carbocycles. The van der Waals surface area contributed by atoms with Crippen LogP contribution in [0, 0.1) is 17.3 Å². The summed E-state index contributed by atoms with van der Waals surface area (Å²) in [6.07, 6.45) is 4.98. The van der Waals surface area contributed by atoms with Crippen molar-refractivity contribution in [2.75, 3.05) is 0 Å². The standard InChI is InChI=1S/C17H28O3/c1-11-14-10-13(16(3,4)19)6-8-17(14,5)9-7-15(11)20-12(2)18/h13-15,19H,1,6-10H2,2-5H3/t13-,14+,15+,17-/m0/s1. The molecule has 0 amide bonds. The van der Waals surface area contributed by atoms with Gasteiger partial charge in [0.05, 0.1) is 5.60 Å². The molecule has 0 radical (unpaired) electrons. The van der Waals surface area contributed by atoms with E-state index in [0.29, 0.717) is 11.8 Å². The maximum atomic E-state index is 11.2. The van der Waals surface area contributed by atoms with Crippen molar-refractivity contribution in [2.24, 2.45) is 17.3 Å². The van der Waals surface area contributed by atoms with Crippen molar-refractivity contribution in [3.05, 3.63) is 12.2 Å². The Hall–Kier alpha value is -0.830. The van der Waals surface area contributed by atoms with Gasteiger partial charge in [-0.1, -0.05) is 13.5 Å². The number of carbonyl (C=O) groups excluding carboxylic acids is 1. The minimum absolute atomic E-state index is 0.133. The summed E-state index contributed by atoms with van der Waals surface area (Å²) in [5.41, 5.74) is 0.675. The van der Waals surface area contributed by atoms with Gasteiger partial charge in [0, 0.05) is 6.92 Å². The van der Waals surface area contributed by atoms with Gasteiger partial charge in [0.15, 0.2) is 0 Å². The largest absolute Gasteiger partial charge is 0.458 e. The molecule has 20 heavy (non-hydrogen) atoms. The molecule has 0 saturated heterocycles. The zero-order valence-corrected chi connectivity index (χ0v) is 13.2. The lowest BCUT2D eigenvalue weighted by Gasteiger charge is -2.52. The van der Waals surface area contributed by atoms with Crippen molar-refractivity contribution in [2.45, 2.75) is 71.5 Å². The molecule has 0 heterocycles. The van der Waals surface area contributed by atoms with Crippen LogP contribution in [0.15, 0.2) is 12.2 Å². The minimum Gasteiger partial charge on any atom is -0.458 e. The molecule has 114 valence electrons. The molecule has 2 fully saturated rings. The van der Waals surface area contributed by atoms with E-state index in [-0.39, 0.29) is 17.5 Å². The summed E-state index contributed by atoms with van der Waals surface area (Å²) in [6, 6.07) is 0. The van der Waals surface area contributed by atoms with Gasteiger partial charge in [0.25, 0.3) is 0 Å². The van der Waals surface area contributed by atoms with Gasteiger partial charge in [-0.25, -0.2) is 0 Å². The first-order valence-corrected chi connectivity index (χ1v) is 7.72. The van der Waals surface area contributed by atoms with E-state index in [1.54, 1.807) is 0 Å². The monoisotopic (exact) mass is 280 g/mol. The summed E-state index contributed by atoms with van der Waals surface area (Å²) in [6.45, 7) is 11.8. The van der Waals surface area contributed by atoms with Crippen LogP contribution in [0.25, 0.3) is 0 Å². The van der Waals surface area contributed by atoms with E-state index in [1.807, 2.05) is 13.8 Å². The number of carbonyl (C=O) groups is 1. The molecule has 2 saturated carbocycles. The van der Waals surface area contributed by atoms with Crippen LogP contribution < -0.4 is 0 Å². The third kappa shape index (κ3) is 2.93. The molecule has 0 bridgehead atoms. The van der Waals surface area contributed by atoms with Gasteiger partial charge in [-0.2, -0.15) is 0 Å². The second kappa shape index (κ2) is 5.18. The number of ether oxygens (including phenoxy) is 1. The summed E-state index contributed by atoms with van der Waals surface area (Å²) in [5.74, 6) is 0.425. The Balaban J connectivity index is 2.16. The number of hydrogen-bond acceptors (Lipinski definition) is 3.